The lowest BCUT2D eigenvalue weighted by Gasteiger charge is -2.08. The molecule has 162 valence electrons. The number of carbonyl (C=O) groups is 1. The van der Waals surface area contributed by atoms with Crippen LogP contribution in [0.25, 0.3) is 11.5 Å². The molecule has 2 aromatic carbocycles. The Hall–Kier alpha value is -3.04. The van der Waals surface area contributed by atoms with Gasteiger partial charge in [-0.05, 0) is 61.6 Å². The summed E-state index contributed by atoms with van der Waals surface area (Å²) in [5.41, 5.74) is 1.41. The number of sulfonamides is 1. The number of carbonyl (C=O) groups excluding carboxylic acids is 1. The molecule has 31 heavy (non-hydrogen) atoms. The second kappa shape index (κ2) is 9.40. The number of anilines is 1. The number of aryl methyl sites for hydroxylation is 1. The van der Waals surface area contributed by atoms with Gasteiger partial charge in [-0.25, -0.2) is 13.1 Å². The molecule has 0 bridgehead atoms. The lowest BCUT2D eigenvalue weighted by molar-refractivity contribution is -0.116. The zero-order chi connectivity index (χ0) is 21.7. The van der Waals surface area contributed by atoms with E-state index in [-0.39, 0.29) is 17.2 Å². The Morgan fingerprint density at radius 1 is 1.03 bits per heavy atom. The summed E-state index contributed by atoms with van der Waals surface area (Å²) in [6, 6.07) is 15.7. The molecular formula is C22H24N4O4S. The molecule has 0 saturated heterocycles. The van der Waals surface area contributed by atoms with Gasteiger partial charge in [0.15, 0.2) is 0 Å². The molecule has 0 radical (unpaired) electrons. The minimum absolute atomic E-state index is 0.162. The van der Waals surface area contributed by atoms with Crippen LogP contribution < -0.4 is 10.0 Å². The fraction of sp³-hybridized carbons (Fsp3) is 0.318. The minimum atomic E-state index is -3.51. The topological polar surface area (TPSA) is 114 Å². The van der Waals surface area contributed by atoms with Crippen LogP contribution in [0.2, 0.25) is 0 Å². The van der Waals surface area contributed by atoms with E-state index >= 15 is 0 Å². The van der Waals surface area contributed by atoms with E-state index in [1.54, 1.807) is 12.1 Å². The average Bonchev–Trinajstić information content (AvgIpc) is 3.49. The predicted molar refractivity (Wildman–Crippen MR) is 116 cm³/mol. The predicted octanol–water partition coefficient (Wildman–Crippen LogP) is 3.39. The first-order valence-electron chi connectivity index (χ1n) is 10.3. The summed E-state index contributed by atoms with van der Waals surface area (Å²) in [5, 5.41) is 10.8. The first-order valence-corrected chi connectivity index (χ1v) is 11.8. The molecule has 0 atom stereocenters. The largest absolute Gasteiger partial charge is 0.421 e. The van der Waals surface area contributed by atoms with E-state index in [2.05, 4.69) is 20.2 Å². The maximum absolute atomic E-state index is 12.2. The number of nitrogens with one attached hydrogen (secondary N) is 2. The fourth-order valence-corrected chi connectivity index (χ4v) is 4.14. The molecule has 1 heterocycles. The van der Waals surface area contributed by atoms with Crippen molar-refractivity contribution >= 4 is 21.6 Å². The molecule has 1 aliphatic carbocycles. The lowest BCUT2D eigenvalue weighted by atomic mass is 10.2. The van der Waals surface area contributed by atoms with Crippen molar-refractivity contribution in [3.63, 3.8) is 0 Å². The highest BCUT2D eigenvalue weighted by Crippen LogP contribution is 2.28. The number of nitrogens with zero attached hydrogens (tertiary/aromatic N) is 2. The number of hydrogen-bond donors (Lipinski definition) is 2. The molecule has 1 fully saturated rings. The summed E-state index contributed by atoms with van der Waals surface area (Å²) in [6.07, 6.45) is 3.49. The van der Waals surface area contributed by atoms with Gasteiger partial charge in [-0.1, -0.05) is 18.2 Å². The summed E-state index contributed by atoms with van der Waals surface area (Å²) in [6.45, 7) is 0.480. The second-order valence-electron chi connectivity index (χ2n) is 7.59. The van der Waals surface area contributed by atoms with E-state index in [4.69, 9.17) is 4.42 Å². The van der Waals surface area contributed by atoms with Crippen molar-refractivity contribution < 1.29 is 17.6 Å². The lowest BCUT2D eigenvalue weighted by Crippen LogP contribution is -2.25. The third-order valence-electron chi connectivity index (χ3n) is 4.99. The van der Waals surface area contributed by atoms with Crippen LogP contribution in [0, 0.1) is 5.92 Å². The van der Waals surface area contributed by atoms with Gasteiger partial charge in [0.2, 0.25) is 27.7 Å². The van der Waals surface area contributed by atoms with Crippen molar-refractivity contribution in [1.82, 2.24) is 14.9 Å². The van der Waals surface area contributed by atoms with Gasteiger partial charge in [0, 0.05) is 30.6 Å². The van der Waals surface area contributed by atoms with Gasteiger partial charge in [-0.15, -0.1) is 10.2 Å². The molecule has 8 nitrogen and oxygen atoms in total. The van der Waals surface area contributed by atoms with Crippen molar-refractivity contribution in [2.45, 2.75) is 37.0 Å². The van der Waals surface area contributed by atoms with Crippen LogP contribution in [0.15, 0.2) is 63.9 Å². The molecule has 0 aliphatic heterocycles. The molecule has 1 saturated carbocycles. The standard InChI is InChI=1S/C22H24N4O4S/c27-20(7-4-8-21-25-26-22(30-21)17-5-2-1-3-6-17)24-18-11-13-19(14-12-18)31(28,29)23-15-16-9-10-16/h1-3,5-6,11-14,16,23H,4,7-10,15H2,(H,24,27). The highest BCUT2D eigenvalue weighted by Gasteiger charge is 2.24. The van der Waals surface area contributed by atoms with E-state index in [1.807, 2.05) is 30.3 Å². The molecular weight excluding hydrogens is 416 g/mol. The Morgan fingerprint density at radius 3 is 2.48 bits per heavy atom. The van der Waals surface area contributed by atoms with Gasteiger partial charge in [0.1, 0.15) is 0 Å². The summed E-state index contributed by atoms with van der Waals surface area (Å²) >= 11 is 0. The monoisotopic (exact) mass is 440 g/mol. The van der Waals surface area contributed by atoms with E-state index in [0.29, 0.717) is 42.8 Å². The summed E-state index contributed by atoms with van der Waals surface area (Å²) in [4.78, 5) is 12.4. The van der Waals surface area contributed by atoms with Crippen molar-refractivity contribution in [2.75, 3.05) is 11.9 Å². The zero-order valence-electron chi connectivity index (χ0n) is 17.0. The SMILES string of the molecule is O=C(CCCc1nnc(-c2ccccc2)o1)Nc1ccc(S(=O)(=O)NCC2CC2)cc1. The van der Waals surface area contributed by atoms with Crippen LogP contribution >= 0.6 is 0 Å². The highest BCUT2D eigenvalue weighted by atomic mass is 32.2. The van der Waals surface area contributed by atoms with Crippen molar-refractivity contribution in [3.05, 3.63) is 60.5 Å². The van der Waals surface area contributed by atoms with Crippen LogP contribution in [0.3, 0.4) is 0 Å². The molecule has 0 spiro atoms. The fourth-order valence-electron chi connectivity index (χ4n) is 3.03. The van der Waals surface area contributed by atoms with Gasteiger partial charge in [0.05, 0.1) is 4.90 Å². The number of amides is 1. The molecule has 4 rings (SSSR count). The van der Waals surface area contributed by atoms with Crippen molar-refractivity contribution in [1.29, 1.82) is 0 Å². The van der Waals surface area contributed by atoms with E-state index in [9.17, 15) is 13.2 Å². The first kappa shape index (κ1) is 21.2. The molecule has 2 N–H and O–H groups in total. The van der Waals surface area contributed by atoms with Gasteiger partial charge < -0.3 is 9.73 Å². The summed E-state index contributed by atoms with van der Waals surface area (Å²) in [7, 11) is -3.51. The molecule has 9 heteroatoms. The quantitative estimate of drug-likeness (QED) is 0.499. The Bertz CT molecular complexity index is 1120. The third-order valence-corrected chi connectivity index (χ3v) is 6.43. The Morgan fingerprint density at radius 2 is 1.77 bits per heavy atom. The second-order valence-corrected chi connectivity index (χ2v) is 9.36. The Balaban J connectivity index is 1.23. The molecule has 1 amide bonds. The van der Waals surface area contributed by atoms with Crippen LogP contribution in [0.4, 0.5) is 5.69 Å². The number of benzene rings is 2. The van der Waals surface area contributed by atoms with E-state index in [1.165, 1.54) is 12.1 Å². The molecule has 1 aliphatic rings. The first-order chi connectivity index (χ1) is 15.0. The van der Waals surface area contributed by atoms with Crippen molar-refractivity contribution in [2.24, 2.45) is 5.92 Å². The van der Waals surface area contributed by atoms with Gasteiger partial charge in [-0.3, -0.25) is 4.79 Å². The van der Waals surface area contributed by atoms with Crippen LogP contribution in [-0.2, 0) is 21.2 Å². The number of aromatic nitrogens is 2. The highest BCUT2D eigenvalue weighted by molar-refractivity contribution is 7.89. The van der Waals surface area contributed by atoms with E-state index in [0.717, 1.165) is 18.4 Å². The molecule has 0 unspecified atom stereocenters. The maximum Gasteiger partial charge on any atom is 0.247 e. The smallest absolute Gasteiger partial charge is 0.247 e. The Labute approximate surface area is 181 Å². The van der Waals surface area contributed by atoms with Gasteiger partial charge in [-0.2, -0.15) is 0 Å². The van der Waals surface area contributed by atoms with E-state index < -0.39 is 10.0 Å². The van der Waals surface area contributed by atoms with Gasteiger partial charge >= 0.3 is 0 Å². The summed E-state index contributed by atoms with van der Waals surface area (Å²) < 4.78 is 32.8. The number of hydrogen-bond acceptors (Lipinski definition) is 6. The molecule has 1 aromatic heterocycles. The minimum Gasteiger partial charge on any atom is -0.421 e. The zero-order valence-corrected chi connectivity index (χ0v) is 17.8. The maximum atomic E-state index is 12.2. The van der Waals surface area contributed by atoms with Crippen LogP contribution in [0.5, 0.6) is 0 Å². The molecule has 3 aromatic rings. The van der Waals surface area contributed by atoms with Crippen molar-refractivity contribution in [3.8, 4) is 11.5 Å². The normalized spacial score (nSPS) is 13.8. The van der Waals surface area contributed by atoms with Crippen LogP contribution in [-0.4, -0.2) is 31.1 Å². The van der Waals surface area contributed by atoms with Gasteiger partial charge in [0.25, 0.3) is 0 Å². The Kier molecular flexibility index (Phi) is 6.43. The average molecular weight is 441 g/mol. The number of rotatable bonds is 10. The van der Waals surface area contributed by atoms with Crippen LogP contribution in [0.1, 0.15) is 31.6 Å². The summed E-state index contributed by atoms with van der Waals surface area (Å²) in [5.74, 6) is 1.25. The third kappa shape index (κ3) is 5.99.